The first-order chi connectivity index (χ1) is 11.7. The van der Waals surface area contributed by atoms with Crippen LogP contribution in [-0.2, 0) is 0 Å². The first-order valence-electron chi connectivity index (χ1n) is 7.90. The standard InChI is InChI=1S/C17H19FN4O2/c1-2-8-19-17(23)22-9-4-6-13(11-22)16-20-15(21-24-16)12-5-3-7-14(18)10-12/h2-3,5,7,10,13H,1,4,6,8-9,11H2,(H,19,23)/t13-/m1/s1. The van der Waals surface area contributed by atoms with Gasteiger partial charge in [-0.25, -0.2) is 9.18 Å². The van der Waals surface area contributed by atoms with Crippen LogP contribution >= 0.6 is 0 Å². The summed E-state index contributed by atoms with van der Waals surface area (Å²) in [5.41, 5.74) is 0.571. The number of nitrogens with one attached hydrogen (secondary N) is 1. The molecular weight excluding hydrogens is 311 g/mol. The average molecular weight is 330 g/mol. The third-order valence-electron chi connectivity index (χ3n) is 3.98. The summed E-state index contributed by atoms with van der Waals surface area (Å²) in [5.74, 6) is 0.484. The molecule has 126 valence electrons. The minimum Gasteiger partial charge on any atom is -0.339 e. The molecule has 0 radical (unpaired) electrons. The lowest BCUT2D eigenvalue weighted by molar-refractivity contribution is 0.173. The molecule has 1 aromatic heterocycles. The second kappa shape index (κ2) is 7.25. The SMILES string of the molecule is C=CCNC(=O)N1CCC[C@@H](c2nc(-c3cccc(F)c3)no2)C1. The summed E-state index contributed by atoms with van der Waals surface area (Å²) in [6, 6.07) is 5.95. The van der Waals surface area contributed by atoms with Crippen LogP contribution in [0.15, 0.2) is 41.4 Å². The molecule has 1 aromatic carbocycles. The van der Waals surface area contributed by atoms with E-state index in [0.717, 1.165) is 12.8 Å². The maximum absolute atomic E-state index is 13.3. The van der Waals surface area contributed by atoms with E-state index in [9.17, 15) is 9.18 Å². The average Bonchev–Trinajstić information content (AvgIpc) is 3.10. The number of aromatic nitrogens is 2. The molecule has 0 aliphatic carbocycles. The largest absolute Gasteiger partial charge is 0.339 e. The summed E-state index contributed by atoms with van der Waals surface area (Å²) in [5, 5.41) is 6.71. The number of rotatable bonds is 4. The highest BCUT2D eigenvalue weighted by molar-refractivity contribution is 5.74. The van der Waals surface area contributed by atoms with E-state index in [0.29, 0.717) is 36.9 Å². The van der Waals surface area contributed by atoms with Crippen molar-refractivity contribution < 1.29 is 13.7 Å². The zero-order valence-corrected chi connectivity index (χ0v) is 13.2. The molecule has 24 heavy (non-hydrogen) atoms. The quantitative estimate of drug-likeness (QED) is 0.875. The lowest BCUT2D eigenvalue weighted by Gasteiger charge is -2.30. The van der Waals surface area contributed by atoms with Crippen molar-refractivity contribution in [1.82, 2.24) is 20.4 Å². The fourth-order valence-electron chi connectivity index (χ4n) is 2.78. The van der Waals surface area contributed by atoms with Crippen molar-refractivity contribution in [3.63, 3.8) is 0 Å². The zero-order valence-electron chi connectivity index (χ0n) is 13.2. The minimum atomic E-state index is -0.346. The summed E-state index contributed by atoms with van der Waals surface area (Å²) in [7, 11) is 0. The van der Waals surface area contributed by atoms with Crippen LogP contribution in [0.3, 0.4) is 0 Å². The van der Waals surface area contributed by atoms with Gasteiger partial charge in [0.2, 0.25) is 11.7 Å². The van der Waals surface area contributed by atoms with Crippen LogP contribution in [0.5, 0.6) is 0 Å². The Kier molecular flexibility index (Phi) is 4.88. The van der Waals surface area contributed by atoms with Gasteiger partial charge in [0.1, 0.15) is 5.82 Å². The second-order valence-electron chi connectivity index (χ2n) is 5.73. The van der Waals surface area contributed by atoms with E-state index in [1.807, 2.05) is 0 Å². The summed E-state index contributed by atoms with van der Waals surface area (Å²) in [4.78, 5) is 18.2. The van der Waals surface area contributed by atoms with Crippen molar-refractivity contribution in [2.24, 2.45) is 0 Å². The Morgan fingerprint density at radius 1 is 1.54 bits per heavy atom. The van der Waals surface area contributed by atoms with Crippen molar-refractivity contribution in [2.75, 3.05) is 19.6 Å². The number of benzene rings is 1. The third-order valence-corrected chi connectivity index (χ3v) is 3.98. The molecule has 2 aromatic rings. The predicted molar refractivity (Wildman–Crippen MR) is 86.8 cm³/mol. The van der Waals surface area contributed by atoms with E-state index in [-0.39, 0.29) is 17.8 Å². The molecule has 1 aliphatic rings. The number of piperidine rings is 1. The second-order valence-corrected chi connectivity index (χ2v) is 5.73. The van der Waals surface area contributed by atoms with Crippen LogP contribution in [0.2, 0.25) is 0 Å². The van der Waals surface area contributed by atoms with Gasteiger partial charge in [0.25, 0.3) is 0 Å². The monoisotopic (exact) mass is 330 g/mol. The number of amides is 2. The molecular formula is C17H19FN4O2. The lowest BCUT2D eigenvalue weighted by atomic mass is 9.98. The fraction of sp³-hybridized carbons (Fsp3) is 0.353. The van der Waals surface area contributed by atoms with E-state index < -0.39 is 0 Å². The molecule has 1 N–H and O–H groups in total. The number of carbonyl (C=O) groups is 1. The Hall–Kier alpha value is -2.70. The maximum atomic E-state index is 13.3. The van der Waals surface area contributed by atoms with Crippen LogP contribution < -0.4 is 5.32 Å². The number of hydrogen-bond acceptors (Lipinski definition) is 4. The van der Waals surface area contributed by atoms with Gasteiger partial charge in [-0.15, -0.1) is 6.58 Å². The highest BCUT2D eigenvalue weighted by atomic mass is 19.1. The Bertz CT molecular complexity index is 731. The molecule has 3 rings (SSSR count). The Morgan fingerprint density at radius 2 is 2.42 bits per heavy atom. The molecule has 2 amide bonds. The number of halogens is 1. The lowest BCUT2D eigenvalue weighted by Crippen LogP contribution is -2.45. The first-order valence-corrected chi connectivity index (χ1v) is 7.90. The zero-order chi connectivity index (χ0) is 16.9. The number of hydrogen-bond donors (Lipinski definition) is 1. The Balaban J connectivity index is 1.70. The number of carbonyl (C=O) groups excluding carboxylic acids is 1. The summed E-state index contributed by atoms with van der Waals surface area (Å²) >= 11 is 0. The van der Waals surface area contributed by atoms with Gasteiger partial charge >= 0.3 is 6.03 Å². The molecule has 0 spiro atoms. The molecule has 0 unspecified atom stereocenters. The van der Waals surface area contributed by atoms with E-state index in [2.05, 4.69) is 22.0 Å². The fourth-order valence-corrected chi connectivity index (χ4v) is 2.78. The van der Waals surface area contributed by atoms with Crippen LogP contribution in [-0.4, -0.2) is 40.7 Å². The first kappa shape index (κ1) is 16.2. The van der Waals surface area contributed by atoms with Gasteiger partial charge in [0.05, 0.1) is 5.92 Å². The van der Waals surface area contributed by atoms with E-state index in [1.54, 1.807) is 23.1 Å². The molecule has 6 nitrogen and oxygen atoms in total. The minimum absolute atomic E-state index is 0.0111. The molecule has 1 fully saturated rings. The van der Waals surface area contributed by atoms with E-state index in [4.69, 9.17) is 4.52 Å². The maximum Gasteiger partial charge on any atom is 0.317 e. The Labute approximate surface area is 139 Å². The third kappa shape index (κ3) is 3.61. The number of urea groups is 1. The molecule has 0 bridgehead atoms. The van der Waals surface area contributed by atoms with E-state index >= 15 is 0 Å². The molecule has 0 saturated carbocycles. The number of likely N-dealkylation sites (tertiary alicyclic amines) is 1. The van der Waals surface area contributed by atoms with Crippen LogP contribution in [0.4, 0.5) is 9.18 Å². The van der Waals surface area contributed by atoms with Crippen LogP contribution in [0, 0.1) is 5.82 Å². The van der Waals surface area contributed by atoms with Crippen LogP contribution in [0.25, 0.3) is 11.4 Å². The van der Waals surface area contributed by atoms with Gasteiger partial charge in [-0.1, -0.05) is 23.4 Å². The van der Waals surface area contributed by atoms with Crippen molar-refractivity contribution in [2.45, 2.75) is 18.8 Å². The molecule has 1 atom stereocenters. The van der Waals surface area contributed by atoms with Gasteiger partial charge in [-0.3, -0.25) is 0 Å². The van der Waals surface area contributed by atoms with Gasteiger partial charge in [-0.2, -0.15) is 4.98 Å². The predicted octanol–water partition coefficient (Wildman–Crippen LogP) is 2.95. The summed E-state index contributed by atoms with van der Waals surface area (Å²) in [6.45, 7) is 5.24. The molecule has 2 heterocycles. The van der Waals surface area contributed by atoms with Gasteiger partial charge in [-0.05, 0) is 25.0 Å². The Morgan fingerprint density at radius 3 is 3.21 bits per heavy atom. The highest BCUT2D eigenvalue weighted by Gasteiger charge is 2.28. The molecule has 7 heteroatoms. The van der Waals surface area contributed by atoms with E-state index in [1.165, 1.54) is 12.1 Å². The van der Waals surface area contributed by atoms with Crippen molar-refractivity contribution in [3.8, 4) is 11.4 Å². The van der Waals surface area contributed by atoms with Gasteiger partial charge < -0.3 is 14.7 Å². The summed E-state index contributed by atoms with van der Waals surface area (Å²) in [6.07, 6.45) is 3.38. The van der Waals surface area contributed by atoms with Crippen molar-refractivity contribution >= 4 is 6.03 Å². The van der Waals surface area contributed by atoms with Crippen LogP contribution in [0.1, 0.15) is 24.7 Å². The van der Waals surface area contributed by atoms with Gasteiger partial charge in [0.15, 0.2) is 0 Å². The normalized spacial score (nSPS) is 17.5. The topological polar surface area (TPSA) is 71.3 Å². The van der Waals surface area contributed by atoms with Gasteiger partial charge in [0, 0.05) is 25.2 Å². The van der Waals surface area contributed by atoms with Crippen molar-refractivity contribution in [3.05, 3.63) is 48.6 Å². The number of nitrogens with zero attached hydrogens (tertiary/aromatic N) is 3. The molecule has 1 saturated heterocycles. The van der Waals surface area contributed by atoms with Crippen molar-refractivity contribution in [1.29, 1.82) is 0 Å². The molecule has 1 aliphatic heterocycles. The summed E-state index contributed by atoms with van der Waals surface area (Å²) < 4.78 is 18.7. The highest BCUT2D eigenvalue weighted by Crippen LogP contribution is 2.27. The smallest absolute Gasteiger partial charge is 0.317 e.